The number of ether oxygens (including phenoxy) is 2. The van der Waals surface area contributed by atoms with Crippen molar-refractivity contribution in [2.45, 2.75) is 38.5 Å². The summed E-state index contributed by atoms with van der Waals surface area (Å²) in [5.41, 5.74) is 1.51. The van der Waals surface area contributed by atoms with E-state index in [0.717, 1.165) is 25.7 Å². The maximum atomic E-state index is 5.64. The van der Waals surface area contributed by atoms with Crippen LogP contribution in [0.3, 0.4) is 0 Å². The van der Waals surface area contributed by atoms with E-state index in [1.165, 1.54) is 44.1 Å². The van der Waals surface area contributed by atoms with Crippen molar-refractivity contribution in [2.24, 2.45) is 5.92 Å². The molecule has 2 fully saturated rings. The van der Waals surface area contributed by atoms with Gasteiger partial charge in [-0.15, -0.1) is 0 Å². The molecule has 1 saturated carbocycles. The van der Waals surface area contributed by atoms with Gasteiger partial charge in [-0.3, -0.25) is 0 Å². The molecule has 1 aliphatic carbocycles. The molecule has 0 atom stereocenters. The first-order chi connectivity index (χ1) is 6.95. The fourth-order valence-corrected chi connectivity index (χ4v) is 2.16. The molecular weight excluding hydrogens is 176 g/mol. The molecule has 0 spiro atoms. The molecule has 2 aliphatic rings. The molecule has 0 N–H and O–H groups in total. The summed E-state index contributed by atoms with van der Waals surface area (Å²) < 4.78 is 10.9. The van der Waals surface area contributed by atoms with E-state index in [9.17, 15) is 0 Å². The average molecular weight is 196 g/mol. The predicted molar refractivity (Wildman–Crippen MR) is 56.0 cm³/mol. The lowest BCUT2D eigenvalue weighted by atomic mass is 10.0. The second-order valence-electron chi connectivity index (χ2n) is 4.37. The van der Waals surface area contributed by atoms with Crippen LogP contribution in [0.2, 0.25) is 0 Å². The van der Waals surface area contributed by atoms with Crippen molar-refractivity contribution >= 4 is 0 Å². The maximum absolute atomic E-state index is 5.64. The maximum Gasteiger partial charge on any atom is 0.0903 e. The smallest absolute Gasteiger partial charge is 0.0903 e. The number of hydrogen-bond donors (Lipinski definition) is 0. The molecule has 1 aliphatic heterocycles. The van der Waals surface area contributed by atoms with E-state index >= 15 is 0 Å². The molecule has 80 valence electrons. The first-order valence-corrected chi connectivity index (χ1v) is 5.82. The molecule has 0 unspecified atom stereocenters. The average Bonchev–Trinajstić information content (AvgIpc) is 2.72. The van der Waals surface area contributed by atoms with Gasteiger partial charge in [-0.2, -0.15) is 0 Å². The van der Waals surface area contributed by atoms with Gasteiger partial charge in [0.1, 0.15) is 0 Å². The largest absolute Gasteiger partial charge is 0.501 e. The van der Waals surface area contributed by atoms with E-state index < -0.39 is 0 Å². The van der Waals surface area contributed by atoms with Crippen molar-refractivity contribution < 1.29 is 9.47 Å². The number of rotatable bonds is 3. The molecule has 14 heavy (non-hydrogen) atoms. The second kappa shape index (κ2) is 5.40. The van der Waals surface area contributed by atoms with Crippen LogP contribution in [0.25, 0.3) is 0 Å². The van der Waals surface area contributed by atoms with Gasteiger partial charge >= 0.3 is 0 Å². The Bertz CT molecular complexity index is 184. The molecule has 1 saturated heterocycles. The lowest BCUT2D eigenvalue weighted by molar-refractivity contribution is 0.0416. The van der Waals surface area contributed by atoms with Crippen molar-refractivity contribution in [3.8, 4) is 0 Å². The Hall–Kier alpha value is -0.500. The SMILES string of the molecule is C(OCC1CCOCC1)=C1CCCC1. The molecule has 0 radical (unpaired) electrons. The van der Waals surface area contributed by atoms with Gasteiger partial charge in [-0.25, -0.2) is 0 Å². The van der Waals surface area contributed by atoms with E-state index in [2.05, 4.69) is 0 Å². The Labute approximate surface area is 86.3 Å². The third kappa shape index (κ3) is 3.02. The highest BCUT2D eigenvalue weighted by molar-refractivity contribution is 5.02. The van der Waals surface area contributed by atoms with Gasteiger partial charge in [0.25, 0.3) is 0 Å². The molecule has 1 heterocycles. The van der Waals surface area contributed by atoms with Gasteiger partial charge in [-0.1, -0.05) is 0 Å². The number of allylic oxidation sites excluding steroid dienone is 1. The zero-order chi connectivity index (χ0) is 9.64. The van der Waals surface area contributed by atoms with Gasteiger partial charge in [0.15, 0.2) is 0 Å². The Balaban J connectivity index is 1.63. The predicted octanol–water partition coefficient (Wildman–Crippen LogP) is 2.89. The molecular formula is C12H20O2. The zero-order valence-corrected chi connectivity index (χ0v) is 8.84. The van der Waals surface area contributed by atoms with Crippen LogP contribution in [0.4, 0.5) is 0 Å². The Morgan fingerprint density at radius 1 is 1.21 bits per heavy atom. The van der Waals surface area contributed by atoms with E-state index in [1.54, 1.807) is 0 Å². The summed E-state index contributed by atoms with van der Waals surface area (Å²) in [5, 5.41) is 0. The van der Waals surface area contributed by atoms with E-state index in [1.807, 2.05) is 6.26 Å². The summed E-state index contributed by atoms with van der Waals surface area (Å²) in [6.07, 6.45) is 9.58. The van der Waals surface area contributed by atoms with E-state index in [0.29, 0.717) is 0 Å². The van der Waals surface area contributed by atoms with Gasteiger partial charge in [0.2, 0.25) is 0 Å². The lowest BCUT2D eigenvalue weighted by Gasteiger charge is -2.21. The summed E-state index contributed by atoms with van der Waals surface area (Å²) in [5.74, 6) is 0.724. The highest BCUT2D eigenvalue weighted by atomic mass is 16.5. The standard InChI is InChI=1S/C12H20O2/c1-2-4-11(3-1)9-14-10-12-5-7-13-8-6-12/h9,12H,1-8,10H2. The van der Waals surface area contributed by atoms with Crippen LogP contribution in [0.15, 0.2) is 11.8 Å². The fourth-order valence-electron chi connectivity index (χ4n) is 2.16. The van der Waals surface area contributed by atoms with E-state index in [-0.39, 0.29) is 0 Å². The topological polar surface area (TPSA) is 18.5 Å². The first kappa shape index (κ1) is 10.0. The molecule has 2 rings (SSSR count). The molecule has 2 nitrogen and oxygen atoms in total. The number of hydrogen-bond acceptors (Lipinski definition) is 2. The highest BCUT2D eigenvalue weighted by Gasteiger charge is 2.14. The summed E-state index contributed by atoms with van der Waals surface area (Å²) in [7, 11) is 0. The van der Waals surface area contributed by atoms with Crippen molar-refractivity contribution in [1.82, 2.24) is 0 Å². The molecule has 0 bridgehead atoms. The van der Waals surface area contributed by atoms with Crippen LogP contribution in [0.5, 0.6) is 0 Å². The van der Waals surface area contributed by atoms with Crippen LogP contribution < -0.4 is 0 Å². The Morgan fingerprint density at radius 2 is 1.93 bits per heavy atom. The van der Waals surface area contributed by atoms with Crippen molar-refractivity contribution in [3.63, 3.8) is 0 Å². The fraction of sp³-hybridized carbons (Fsp3) is 0.833. The van der Waals surface area contributed by atoms with Gasteiger partial charge in [0, 0.05) is 13.2 Å². The van der Waals surface area contributed by atoms with Crippen molar-refractivity contribution in [2.75, 3.05) is 19.8 Å². The lowest BCUT2D eigenvalue weighted by Crippen LogP contribution is -2.19. The van der Waals surface area contributed by atoms with Crippen LogP contribution in [-0.4, -0.2) is 19.8 Å². The van der Waals surface area contributed by atoms with Crippen LogP contribution in [0.1, 0.15) is 38.5 Å². The third-order valence-electron chi connectivity index (χ3n) is 3.17. The minimum absolute atomic E-state index is 0.724. The van der Waals surface area contributed by atoms with Crippen molar-refractivity contribution in [3.05, 3.63) is 11.8 Å². The molecule has 0 amide bonds. The molecule has 0 aromatic heterocycles. The normalized spacial score (nSPS) is 23.9. The quantitative estimate of drug-likeness (QED) is 0.646. The Morgan fingerprint density at radius 3 is 2.64 bits per heavy atom. The van der Waals surface area contributed by atoms with Gasteiger partial charge in [-0.05, 0) is 50.0 Å². The monoisotopic (exact) mass is 196 g/mol. The summed E-state index contributed by atoms with van der Waals surface area (Å²) in [6.45, 7) is 2.74. The third-order valence-corrected chi connectivity index (χ3v) is 3.17. The van der Waals surface area contributed by atoms with Crippen LogP contribution in [-0.2, 0) is 9.47 Å². The molecule has 0 aromatic rings. The highest BCUT2D eigenvalue weighted by Crippen LogP contribution is 2.24. The van der Waals surface area contributed by atoms with Crippen molar-refractivity contribution in [1.29, 1.82) is 0 Å². The van der Waals surface area contributed by atoms with E-state index in [4.69, 9.17) is 9.47 Å². The molecule has 0 aromatic carbocycles. The van der Waals surface area contributed by atoms with Gasteiger partial charge < -0.3 is 9.47 Å². The summed E-state index contributed by atoms with van der Waals surface area (Å²) >= 11 is 0. The summed E-state index contributed by atoms with van der Waals surface area (Å²) in [4.78, 5) is 0. The van der Waals surface area contributed by atoms with Crippen LogP contribution in [0, 0.1) is 5.92 Å². The summed E-state index contributed by atoms with van der Waals surface area (Å²) in [6, 6.07) is 0. The van der Waals surface area contributed by atoms with Gasteiger partial charge in [0.05, 0.1) is 12.9 Å². The minimum Gasteiger partial charge on any atom is -0.501 e. The Kier molecular flexibility index (Phi) is 3.87. The second-order valence-corrected chi connectivity index (χ2v) is 4.37. The minimum atomic E-state index is 0.724. The molecule has 2 heteroatoms. The first-order valence-electron chi connectivity index (χ1n) is 5.82. The zero-order valence-electron chi connectivity index (χ0n) is 8.84. The van der Waals surface area contributed by atoms with Crippen LogP contribution >= 0.6 is 0 Å².